The summed E-state index contributed by atoms with van der Waals surface area (Å²) in [6, 6.07) is 10.8. The number of benzene rings is 2. The van der Waals surface area contributed by atoms with Gasteiger partial charge in [-0.1, -0.05) is 36.4 Å². The van der Waals surface area contributed by atoms with Gasteiger partial charge in [-0.15, -0.1) is 0 Å². The molecule has 4 unspecified atom stereocenters. The monoisotopic (exact) mass is 633 g/mol. The van der Waals surface area contributed by atoms with Crippen molar-refractivity contribution in [1.29, 1.82) is 0 Å². The summed E-state index contributed by atoms with van der Waals surface area (Å²) in [5, 5.41) is 21.9. The molecule has 1 aliphatic rings. The van der Waals surface area contributed by atoms with Gasteiger partial charge in [-0.3, -0.25) is 9.09 Å². The summed E-state index contributed by atoms with van der Waals surface area (Å²) < 4.78 is 62.8. The lowest BCUT2D eigenvalue weighted by molar-refractivity contribution is -0.0503. The molecule has 0 amide bonds. The summed E-state index contributed by atoms with van der Waals surface area (Å²) in [4.78, 5) is 40.6. The third kappa shape index (κ3) is 6.49. The van der Waals surface area contributed by atoms with E-state index in [2.05, 4.69) is 23.6 Å². The number of aromatic nitrogens is 4. The average molecular weight is 633 g/mol. The second-order valence-electron chi connectivity index (χ2n) is 8.56. The molecule has 2 aromatic carbocycles. The van der Waals surface area contributed by atoms with Crippen molar-refractivity contribution in [3.63, 3.8) is 0 Å². The minimum absolute atomic E-state index is 0.0488. The van der Waals surface area contributed by atoms with Crippen LogP contribution in [-0.2, 0) is 31.6 Å². The summed E-state index contributed by atoms with van der Waals surface area (Å²) in [5.74, 6) is -0.204. The number of nitrogens with zero attached hydrogens (tertiary/aromatic N) is 4. The summed E-state index contributed by atoms with van der Waals surface area (Å²) in [6.45, 7) is -0.934. The maximum Gasteiger partial charge on any atom is 0.548 e. The van der Waals surface area contributed by atoms with Crippen LogP contribution in [0.15, 0.2) is 55.1 Å². The lowest BCUT2D eigenvalue weighted by Gasteiger charge is -2.22. The fraction of sp³-hybridized carbons (Fsp3) is 0.250. The number of anilines is 1. The van der Waals surface area contributed by atoms with Gasteiger partial charge < -0.3 is 39.9 Å². The number of rotatable bonds is 10. The highest BCUT2D eigenvalue weighted by Gasteiger charge is 2.48. The first kappa shape index (κ1) is 29.7. The van der Waals surface area contributed by atoms with Crippen molar-refractivity contribution in [1.82, 2.24) is 19.5 Å². The van der Waals surface area contributed by atoms with Crippen LogP contribution >= 0.6 is 23.5 Å². The molecule has 1 aliphatic heterocycles. The quantitative estimate of drug-likeness (QED) is 0.135. The Morgan fingerprint density at radius 1 is 0.951 bits per heavy atom. The van der Waals surface area contributed by atoms with Gasteiger partial charge in [0, 0.05) is 5.39 Å². The van der Waals surface area contributed by atoms with Gasteiger partial charge in [-0.25, -0.2) is 28.6 Å². The molecular weight excluding hydrogens is 611 g/mol. The molecule has 0 saturated carbocycles. The van der Waals surface area contributed by atoms with Crippen LogP contribution in [0.2, 0.25) is 0 Å². The Balaban J connectivity index is 1.32. The van der Waals surface area contributed by atoms with Crippen LogP contribution in [0.4, 0.5) is 5.82 Å². The van der Waals surface area contributed by atoms with Crippen LogP contribution in [0, 0.1) is 0 Å². The van der Waals surface area contributed by atoms with E-state index in [1.165, 1.54) is 29.1 Å². The van der Waals surface area contributed by atoms with Crippen molar-refractivity contribution in [2.45, 2.75) is 24.5 Å². The molecule has 0 spiro atoms. The first-order chi connectivity index (χ1) is 19.3. The van der Waals surface area contributed by atoms with E-state index in [0.29, 0.717) is 10.8 Å². The number of imidazole rings is 1. The van der Waals surface area contributed by atoms with Crippen LogP contribution in [0.5, 0.6) is 5.75 Å². The molecule has 18 nitrogen and oxygen atoms in total. The van der Waals surface area contributed by atoms with Gasteiger partial charge in [0.1, 0.15) is 35.9 Å². The molecule has 1 saturated heterocycles. The molecule has 6 atom stereocenters. The molecule has 3 heterocycles. The van der Waals surface area contributed by atoms with Crippen molar-refractivity contribution >= 4 is 51.2 Å². The predicted octanol–water partition coefficient (Wildman–Crippen LogP) is 1.61. The van der Waals surface area contributed by atoms with Gasteiger partial charge in [0.05, 0.1) is 12.9 Å². The molecule has 0 radical (unpaired) electrons. The number of fused-ring (bicyclic) bond motifs is 2. The van der Waals surface area contributed by atoms with E-state index in [4.69, 9.17) is 19.5 Å². The third-order valence-corrected chi connectivity index (χ3v) is 9.94. The number of hydrogen-bond acceptors (Lipinski definition) is 14. The number of ether oxygens (including phenoxy) is 1. The number of aliphatic hydroxyl groups is 2. The Labute approximate surface area is 229 Å². The van der Waals surface area contributed by atoms with Gasteiger partial charge in [0.15, 0.2) is 17.7 Å². The topological polar surface area (TPSA) is 268 Å². The number of nitrogen functional groups attached to an aromatic ring is 1. The van der Waals surface area contributed by atoms with Crippen molar-refractivity contribution < 1.29 is 61.0 Å². The van der Waals surface area contributed by atoms with Gasteiger partial charge >= 0.3 is 23.5 Å². The summed E-state index contributed by atoms with van der Waals surface area (Å²) >= 11 is 0. The first-order valence-corrected chi connectivity index (χ1v) is 15.9. The van der Waals surface area contributed by atoms with E-state index in [-0.39, 0.29) is 22.7 Å². The zero-order chi connectivity index (χ0) is 29.6. The Morgan fingerprint density at radius 2 is 1.68 bits per heavy atom. The van der Waals surface area contributed by atoms with E-state index in [1.807, 2.05) is 0 Å². The van der Waals surface area contributed by atoms with Gasteiger partial charge in [-0.05, 0) is 11.5 Å². The standard InChI is InChI=1S/C20H22N5O13P3/c21-18-15-19(23-9-22-18)25(10-24-15)20-17(27)16(26)14(35-20)8-34-40(31,32)38-41(33,37-39(28,29)30)36-13-7-3-5-11-4-1-2-6-12(11)13/h1-7,9-10,14,16-17,20,26-27H,8H2,(H,31,32)(H2,21,22,23)(H2,28,29,30)/t14-,16?,17?,20-,41?/m1/s1. The summed E-state index contributed by atoms with van der Waals surface area (Å²) in [6.07, 6.45) is -3.67. The molecule has 2 aromatic heterocycles. The molecule has 1 fully saturated rings. The minimum atomic E-state index is -5.61. The molecule has 41 heavy (non-hydrogen) atoms. The molecule has 220 valence electrons. The lowest BCUT2D eigenvalue weighted by Crippen LogP contribution is -2.33. The number of phosphoric ester groups is 1. The fourth-order valence-electron chi connectivity index (χ4n) is 4.04. The molecular formula is C20H22N5O13P3. The third-order valence-electron chi connectivity index (χ3n) is 5.77. The van der Waals surface area contributed by atoms with E-state index in [0.717, 1.165) is 6.33 Å². The lowest BCUT2D eigenvalue weighted by atomic mass is 10.1. The Morgan fingerprint density at radius 3 is 2.44 bits per heavy atom. The van der Waals surface area contributed by atoms with E-state index in [9.17, 15) is 38.6 Å². The van der Waals surface area contributed by atoms with E-state index in [1.54, 1.807) is 24.3 Å². The Bertz CT molecular complexity index is 1730. The number of aliphatic hydroxyl groups excluding tert-OH is 2. The zero-order valence-corrected chi connectivity index (χ0v) is 23.1. The smallest absolute Gasteiger partial charge is 0.403 e. The van der Waals surface area contributed by atoms with Crippen molar-refractivity contribution in [3.05, 3.63) is 55.1 Å². The minimum Gasteiger partial charge on any atom is -0.403 e. The number of phosphoric acid groups is 3. The number of hydrogen-bond donors (Lipinski definition) is 6. The molecule has 7 N–H and O–H groups in total. The highest BCUT2D eigenvalue weighted by Crippen LogP contribution is 2.69. The SMILES string of the molecule is Nc1ncnc2c1ncn2[C@@H]1O[C@H](COP(=O)(O)OP(=O)(Oc2cccc3ccccc23)OP(=O)(O)O)C(O)C1O. The van der Waals surface area contributed by atoms with Crippen molar-refractivity contribution in [2.24, 2.45) is 0 Å². The van der Waals surface area contributed by atoms with E-state index >= 15 is 0 Å². The molecule has 21 heteroatoms. The maximum absolute atomic E-state index is 13.2. The highest BCUT2D eigenvalue weighted by molar-refractivity contribution is 7.67. The zero-order valence-electron chi connectivity index (χ0n) is 20.4. The Kier molecular flexibility index (Phi) is 8.04. The van der Waals surface area contributed by atoms with E-state index < -0.39 is 54.6 Å². The molecule has 0 aliphatic carbocycles. The van der Waals surface area contributed by atoms with Gasteiger partial charge in [-0.2, -0.15) is 8.62 Å². The predicted molar refractivity (Wildman–Crippen MR) is 138 cm³/mol. The molecule has 4 aromatic rings. The largest absolute Gasteiger partial charge is 0.548 e. The highest BCUT2D eigenvalue weighted by atomic mass is 31.3. The van der Waals surface area contributed by atoms with Crippen LogP contribution in [0.3, 0.4) is 0 Å². The van der Waals surface area contributed by atoms with Crippen LogP contribution in [0.25, 0.3) is 21.9 Å². The molecule has 5 rings (SSSR count). The Hall–Kier alpha value is -2.82. The van der Waals surface area contributed by atoms with Gasteiger partial charge in [0.2, 0.25) is 0 Å². The second-order valence-corrected chi connectivity index (χ2v) is 13.1. The second kappa shape index (κ2) is 11.1. The van der Waals surface area contributed by atoms with Crippen LogP contribution in [0.1, 0.15) is 6.23 Å². The normalized spacial score (nSPS) is 24.3. The van der Waals surface area contributed by atoms with Crippen molar-refractivity contribution in [3.8, 4) is 5.75 Å². The van der Waals surface area contributed by atoms with Crippen LogP contribution < -0.4 is 10.3 Å². The molecule has 0 bridgehead atoms. The summed E-state index contributed by atoms with van der Waals surface area (Å²) in [5.41, 5.74) is 6.11. The fourth-order valence-corrected chi connectivity index (χ4v) is 7.68. The maximum atomic E-state index is 13.2. The summed E-state index contributed by atoms with van der Waals surface area (Å²) in [7, 11) is -16.7. The average Bonchev–Trinajstić information content (AvgIpc) is 3.43. The number of nitrogens with two attached hydrogens (primary N) is 1. The van der Waals surface area contributed by atoms with Gasteiger partial charge in [0.25, 0.3) is 0 Å². The van der Waals surface area contributed by atoms with Crippen molar-refractivity contribution in [2.75, 3.05) is 12.3 Å². The van der Waals surface area contributed by atoms with Crippen LogP contribution in [-0.4, -0.2) is 69.3 Å². The first-order valence-electron chi connectivity index (χ1n) is 11.4.